The molecular formula is C23H29FN4O3. The van der Waals surface area contributed by atoms with Crippen LogP contribution in [0.25, 0.3) is 0 Å². The number of hydrogen-bond acceptors (Lipinski definition) is 6. The Kier molecular flexibility index (Phi) is 7.20. The number of ketones is 1. The second-order valence-corrected chi connectivity index (χ2v) is 8.04. The molecule has 0 bridgehead atoms. The molecule has 1 fully saturated rings. The summed E-state index contributed by atoms with van der Waals surface area (Å²) in [6, 6.07) is 1.59. The number of piperidine rings is 1. The van der Waals surface area contributed by atoms with Crippen LogP contribution in [0.2, 0.25) is 0 Å². The van der Waals surface area contributed by atoms with Crippen LogP contribution in [0.4, 0.5) is 10.2 Å². The zero-order valence-electron chi connectivity index (χ0n) is 18.2. The first kappa shape index (κ1) is 22.7. The number of nitrogens with two attached hydrogens (primary N) is 1. The van der Waals surface area contributed by atoms with Crippen molar-refractivity contribution in [3.05, 3.63) is 41.8 Å². The van der Waals surface area contributed by atoms with Gasteiger partial charge < -0.3 is 15.4 Å². The molecule has 1 aliphatic heterocycles. The number of ether oxygens (including phenoxy) is 1. The minimum absolute atomic E-state index is 0.0493. The van der Waals surface area contributed by atoms with E-state index in [1.54, 1.807) is 24.3 Å². The summed E-state index contributed by atoms with van der Waals surface area (Å²) in [6.45, 7) is 6.49. The lowest BCUT2D eigenvalue weighted by Gasteiger charge is -2.29. The number of rotatable bonds is 6. The van der Waals surface area contributed by atoms with Crippen LogP contribution >= 0.6 is 0 Å². The number of allylic oxidation sites excluding steroid dienone is 3. The molecule has 2 N–H and O–H groups in total. The molecule has 1 aliphatic carbocycles. The number of hydrogen-bond donors (Lipinski definition) is 1. The fourth-order valence-electron chi connectivity index (χ4n) is 3.62. The van der Waals surface area contributed by atoms with Gasteiger partial charge in [-0.05, 0) is 38.0 Å². The van der Waals surface area contributed by atoms with Gasteiger partial charge in [0.1, 0.15) is 12.0 Å². The Bertz CT molecular complexity index is 939. The third-order valence-corrected chi connectivity index (χ3v) is 5.27. The molecule has 31 heavy (non-hydrogen) atoms. The highest BCUT2D eigenvalue weighted by molar-refractivity contribution is 6.08. The highest BCUT2D eigenvalue weighted by Gasteiger charge is 2.26. The van der Waals surface area contributed by atoms with Crippen LogP contribution in [-0.4, -0.2) is 53.2 Å². The lowest BCUT2D eigenvalue weighted by atomic mass is 9.89. The van der Waals surface area contributed by atoms with Crippen molar-refractivity contribution < 1.29 is 18.7 Å². The van der Waals surface area contributed by atoms with Gasteiger partial charge in [-0.1, -0.05) is 19.9 Å². The topological polar surface area (TPSA) is 97.9 Å². The summed E-state index contributed by atoms with van der Waals surface area (Å²) in [5, 5.41) is 0. The maximum Gasteiger partial charge on any atom is 0.255 e. The van der Waals surface area contributed by atoms with Crippen LogP contribution in [0.1, 0.15) is 44.0 Å². The van der Waals surface area contributed by atoms with E-state index in [9.17, 15) is 14.0 Å². The van der Waals surface area contributed by atoms with Crippen LogP contribution in [0, 0.1) is 11.8 Å². The third kappa shape index (κ3) is 5.37. The maximum absolute atomic E-state index is 13.7. The summed E-state index contributed by atoms with van der Waals surface area (Å²) in [7, 11) is 0. The highest BCUT2D eigenvalue weighted by atomic mass is 19.1. The Morgan fingerprint density at radius 2 is 2.19 bits per heavy atom. The smallest absolute Gasteiger partial charge is 0.255 e. The van der Waals surface area contributed by atoms with Crippen LogP contribution in [0.15, 0.2) is 41.2 Å². The maximum atomic E-state index is 13.7. The van der Waals surface area contributed by atoms with Gasteiger partial charge in [-0.2, -0.15) is 0 Å². The molecule has 2 aliphatic rings. The Balaban J connectivity index is 1.84. The van der Waals surface area contributed by atoms with Gasteiger partial charge in [0.25, 0.3) is 5.91 Å². The second-order valence-electron chi connectivity index (χ2n) is 8.04. The summed E-state index contributed by atoms with van der Waals surface area (Å²) in [4.78, 5) is 35.3. The molecular weight excluding hydrogens is 399 g/mol. The molecule has 1 amide bonds. The first-order chi connectivity index (χ1) is 14.8. The number of amides is 1. The molecule has 1 aromatic heterocycles. The van der Waals surface area contributed by atoms with E-state index in [1.807, 2.05) is 20.8 Å². The number of carbonyl (C=O) groups excluding carboxylic acids is 2. The largest absolute Gasteiger partial charge is 0.490 e. The monoisotopic (exact) mass is 428 g/mol. The summed E-state index contributed by atoms with van der Waals surface area (Å²) in [5.41, 5.74) is 7.39. The van der Waals surface area contributed by atoms with Crippen molar-refractivity contribution in [2.45, 2.75) is 39.8 Å². The van der Waals surface area contributed by atoms with Gasteiger partial charge in [0.05, 0.1) is 30.3 Å². The molecule has 3 rings (SSSR count). The number of halogens is 1. The van der Waals surface area contributed by atoms with E-state index in [-0.39, 0.29) is 24.2 Å². The van der Waals surface area contributed by atoms with E-state index in [2.05, 4.69) is 9.98 Å². The fourth-order valence-corrected chi connectivity index (χ4v) is 3.62. The fraction of sp³-hybridized carbons (Fsp3) is 0.478. The van der Waals surface area contributed by atoms with Crippen molar-refractivity contribution in [3.63, 3.8) is 0 Å². The summed E-state index contributed by atoms with van der Waals surface area (Å²) < 4.78 is 19.3. The molecule has 166 valence electrons. The quantitative estimate of drug-likeness (QED) is 0.749. The normalized spacial score (nSPS) is 22.5. The minimum atomic E-state index is -0.996. The number of alkyl halides is 1. The average molecular weight is 429 g/mol. The molecule has 1 unspecified atom stereocenters. The number of carbonyl (C=O) groups is 2. The number of likely N-dealkylation sites (tertiary alicyclic amines) is 1. The van der Waals surface area contributed by atoms with Gasteiger partial charge in [0.2, 0.25) is 0 Å². The van der Waals surface area contributed by atoms with E-state index < -0.39 is 12.1 Å². The van der Waals surface area contributed by atoms with Crippen molar-refractivity contribution in [3.8, 4) is 5.75 Å². The number of aliphatic imine (C=N–C) groups is 1. The first-order valence-corrected chi connectivity index (χ1v) is 10.6. The average Bonchev–Trinajstić information content (AvgIpc) is 2.74. The van der Waals surface area contributed by atoms with Gasteiger partial charge in [0.15, 0.2) is 11.6 Å². The predicted molar refractivity (Wildman–Crippen MR) is 117 cm³/mol. The van der Waals surface area contributed by atoms with Crippen LogP contribution in [0.5, 0.6) is 5.75 Å². The van der Waals surface area contributed by atoms with Gasteiger partial charge >= 0.3 is 0 Å². The predicted octanol–water partition coefficient (Wildman–Crippen LogP) is 3.38. The molecule has 1 aromatic rings. The standard InChI is InChI=1S/C23H29FN4O3/c1-4-31-20-10-15(23(30)28-9-5-6-16(24)13-28)12-26-22(20)27-17-7-8-18(19(25)11-17)21(29)14(2)3/h7-8,10-12,14,16,18H,4-6,9,13,25H2,1-3H3/t16-,18?/m1/s1. The molecule has 0 saturated carbocycles. The van der Waals surface area contributed by atoms with Gasteiger partial charge in [-0.25, -0.2) is 14.4 Å². The first-order valence-electron chi connectivity index (χ1n) is 10.6. The Labute approximate surface area is 181 Å². The molecule has 0 spiro atoms. The Morgan fingerprint density at radius 3 is 2.84 bits per heavy atom. The van der Waals surface area contributed by atoms with E-state index in [1.165, 1.54) is 11.1 Å². The van der Waals surface area contributed by atoms with Crippen molar-refractivity contribution in [2.24, 2.45) is 22.6 Å². The van der Waals surface area contributed by atoms with Crippen LogP contribution in [0.3, 0.4) is 0 Å². The van der Waals surface area contributed by atoms with Crippen LogP contribution < -0.4 is 10.5 Å². The van der Waals surface area contributed by atoms with Gasteiger partial charge in [-0.3, -0.25) is 9.59 Å². The van der Waals surface area contributed by atoms with Gasteiger partial charge in [0, 0.05) is 24.4 Å². The van der Waals surface area contributed by atoms with Crippen molar-refractivity contribution in [1.29, 1.82) is 0 Å². The minimum Gasteiger partial charge on any atom is -0.490 e. The van der Waals surface area contributed by atoms with Crippen LogP contribution in [-0.2, 0) is 4.79 Å². The molecule has 8 heteroatoms. The summed E-state index contributed by atoms with van der Waals surface area (Å²) in [5.74, 6) is -0.140. The highest BCUT2D eigenvalue weighted by Crippen LogP contribution is 2.29. The Hall–Kier alpha value is -3.03. The molecule has 0 radical (unpaired) electrons. The summed E-state index contributed by atoms with van der Waals surface area (Å²) in [6.07, 6.45) is 6.67. The number of nitrogens with zero attached hydrogens (tertiary/aromatic N) is 3. The number of Topliss-reactive ketones (excluding diaryl/α,β-unsaturated/α-hetero) is 1. The Morgan fingerprint density at radius 1 is 1.42 bits per heavy atom. The SMILES string of the molecule is CCOc1cc(C(=O)N2CCC[C@@H](F)C2)cnc1N=C1C=CC(C(=O)C(C)C)C(N)=C1. The molecule has 0 aromatic carbocycles. The van der Waals surface area contributed by atoms with Crippen molar-refractivity contribution in [2.75, 3.05) is 19.7 Å². The van der Waals surface area contributed by atoms with E-state index in [4.69, 9.17) is 10.5 Å². The number of pyridine rings is 1. The zero-order valence-corrected chi connectivity index (χ0v) is 18.2. The van der Waals surface area contributed by atoms with E-state index in [0.717, 1.165) is 0 Å². The van der Waals surface area contributed by atoms with Gasteiger partial charge in [-0.15, -0.1) is 0 Å². The van der Waals surface area contributed by atoms with Crippen molar-refractivity contribution in [1.82, 2.24) is 9.88 Å². The third-order valence-electron chi connectivity index (χ3n) is 5.27. The van der Waals surface area contributed by atoms with E-state index >= 15 is 0 Å². The zero-order chi connectivity index (χ0) is 22.5. The second kappa shape index (κ2) is 9.85. The molecule has 2 atom stereocenters. The van der Waals surface area contributed by atoms with Crippen molar-refractivity contribution >= 4 is 23.2 Å². The lowest BCUT2D eigenvalue weighted by Crippen LogP contribution is -2.40. The number of aromatic nitrogens is 1. The molecule has 1 saturated heterocycles. The summed E-state index contributed by atoms with van der Waals surface area (Å²) >= 11 is 0. The molecule has 2 heterocycles. The lowest BCUT2D eigenvalue weighted by molar-refractivity contribution is -0.123. The van der Waals surface area contributed by atoms with E-state index in [0.29, 0.717) is 54.5 Å². The molecule has 7 nitrogen and oxygen atoms in total.